The van der Waals surface area contributed by atoms with Crippen molar-refractivity contribution in [3.63, 3.8) is 0 Å². The summed E-state index contributed by atoms with van der Waals surface area (Å²) < 4.78 is 1.07. The minimum absolute atomic E-state index is 0.0662. The van der Waals surface area contributed by atoms with E-state index in [4.69, 9.17) is 5.73 Å². The summed E-state index contributed by atoms with van der Waals surface area (Å²) in [6.07, 6.45) is 0. The molecule has 0 bridgehead atoms. The third-order valence-corrected chi connectivity index (χ3v) is 4.92. The van der Waals surface area contributed by atoms with Crippen molar-refractivity contribution >= 4 is 39.3 Å². The maximum atomic E-state index is 11.0. The Morgan fingerprint density at radius 2 is 1.90 bits per heavy atom. The van der Waals surface area contributed by atoms with Crippen molar-refractivity contribution < 1.29 is 4.79 Å². The van der Waals surface area contributed by atoms with Gasteiger partial charge in [-0.05, 0) is 35.9 Å². The first-order valence-electron chi connectivity index (χ1n) is 6.59. The molecule has 21 heavy (non-hydrogen) atoms. The highest BCUT2D eigenvalue weighted by Gasteiger charge is 2.14. The third-order valence-electron chi connectivity index (χ3n) is 2.92. The molecule has 1 unspecified atom stereocenters. The minimum atomic E-state index is -0.0662. The van der Waals surface area contributed by atoms with Crippen LogP contribution in [0.2, 0.25) is 0 Å². The van der Waals surface area contributed by atoms with Gasteiger partial charge in [-0.25, -0.2) is 0 Å². The zero-order valence-electron chi connectivity index (χ0n) is 11.7. The van der Waals surface area contributed by atoms with Gasteiger partial charge in [0.2, 0.25) is 5.91 Å². The van der Waals surface area contributed by atoms with Crippen LogP contribution in [0.3, 0.4) is 0 Å². The summed E-state index contributed by atoms with van der Waals surface area (Å²) in [6.45, 7) is 2.06. The number of carbonyl (C=O) groups is 1. The second-order valence-corrected chi connectivity index (χ2v) is 6.70. The molecule has 0 aliphatic rings. The smallest absolute Gasteiger partial charge is 0.221 e. The topological polar surface area (TPSA) is 55.1 Å². The van der Waals surface area contributed by atoms with Crippen LogP contribution in [-0.4, -0.2) is 12.5 Å². The number of rotatable bonds is 5. The SMILES string of the molecule is CC(=O)Nc1ccc(SC(CN)c2ccccc2Br)cc1. The molecule has 0 fully saturated rings. The highest BCUT2D eigenvalue weighted by Crippen LogP contribution is 2.37. The largest absolute Gasteiger partial charge is 0.329 e. The lowest BCUT2D eigenvalue weighted by molar-refractivity contribution is -0.114. The summed E-state index contributed by atoms with van der Waals surface area (Å²) >= 11 is 5.29. The molecule has 0 saturated heterocycles. The fourth-order valence-corrected chi connectivity index (χ4v) is 3.72. The highest BCUT2D eigenvalue weighted by molar-refractivity contribution is 9.10. The monoisotopic (exact) mass is 364 g/mol. The van der Waals surface area contributed by atoms with Gasteiger partial charge in [0, 0.05) is 33.8 Å². The van der Waals surface area contributed by atoms with Gasteiger partial charge in [0.1, 0.15) is 0 Å². The van der Waals surface area contributed by atoms with E-state index in [0.29, 0.717) is 6.54 Å². The van der Waals surface area contributed by atoms with Gasteiger partial charge in [-0.3, -0.25) is 4.79 Å². The first-order valence-corrected chi connectivity index (χ1v) is 8.26. The Bertz CT molecular complexity index is 616. The molecule has 2 rings (SSSR count). The normalized spacial score (nSPS) is 12.0. The van der Waals surface area contributed by atoms with E-state index in [2.05, 4.69) is 27.3 Å². The van der Waals surface area contributed by atoms with Crippen molar-refractivity contribution in [1.29, 1.82) is 0 Å². The maximum absolute atomic E-state index is 11.0. The fourth-order valence-electron chi connectivity index (χ4n) is 1.96. The highest BCUT2D eigenvalue weighted by atomic mass is 79.9. The molecular formula is C16H17BrN2OS. The molecule has 1 atom stereocenters. The summed E-state index contributed by atoms with van der Waals surface area (Å²) in [6, 6.07) is 15.9. The first-order chi connectivity index (χ1) is 10.1. The van der Waals surface area contributed by atoms with E-state index < -0.39 is 0 Å². The van der Waals surface area contributed by atoms with Crippen molar-refractivity contribution in [2.45, 2.75) is 17.1 Å². The van der Waals surface area contributed by atoms with Crippen LogP contribution < -0.4 is 11.1 Å². The zero-order chi connectivity index (χ0) is 15.2. The van der Waals surface area contributed by atoms with Gasteiger partial charge in [-0.2, -0.15) is 0 Å². The van der Waals surface area contributed by atoms with E-state index >= 15 is 0 Å². The Labute approximate surface area is 137 Å². The van der Waals surface area contributed by atoms with Gasteiger partial charge >= 0.3 is 0 Å². The van der Waals surface area contributed by atoms with Crippen LogP contribution in [0.15, 0.2) is 57.9 Å². The van der Waals surface area contributed by atoms with Gasteiger partial charge < -0.3 is 11.1 Å². The van der Waals surface area contributed by atoms with E-state index in [0.717, 1.165) is 15.1 Å². The number of hydrogen-bond donors (Lipinski definition) is 2. The molecule has 0 aromatic heterocycles. The Balaban J connectivity index is 2.12. The van der Waals surface area contributed by atoms with Crippen LogP contribution in [0.4, 0.5) is 5.69 Å². The molecule has 0 saturated carbocycles. The lowest BCUT2D eigenvalue weighted by Crippen LogP contribution is -2.10. The minimum Gasteiger partial charge on any atom is -0.329 e. The molecule has 0 radical (unpaired) electrons. The number of nitrogens with one attached hydrogen (secondary N) is 1. The average Bonchev–Trinajstić information content (AvgIpc) is 2.47. The van der Waals surface area contributed by atoms with Crippen LogP contribution in [0.5, 0.6) is 0 Å². The summed E-state index contributed by atoms with van der Waals surface area (Å²) in [4.78, 5) is 12.1. The van der Waals surface area contributed by atoms with Gasteiger partial charge in [-0.1, -0.05) is 34.1 Å². The summed E-state index contributed by atoms with van der Waals surface area (Å²) in [7, 11) is 0. The molecule has 0 aliphatic heterocycles. The zero-order valence-corrected chi connectivity index (χ0v) is 14.1. The number of halogens is 1. The van der Waals surface area contributed by atoms with Crippen LogP contribution in [-0.2, 0) is 4.79 Å². The molecule has 110 valence electrons. The number of hydrogen-bond acceptors (Lipinski definition) is 3. The number of anilines is 1. The third kappa shape index (κ3) is 4.59. The lowest BCUT2D eigenvalue weighted by atomic mass is 10.1. The predicted octanol–water partition coefficient (Wildman–Crippen LogP) is 4.20. The number of amides is 1. The molecule has 3 nitrogen and oxygen atoms in total. The van der Waals surface area contributed by atoms with E-state index in [1.807, 2.05) is 42.5 Å². The molecule has 0 aliphatic carbocycles. The summed E-state index contributed by atoms with van der Waals surface area (Å²) in [5.41, 5.74) is 7.91. The number of nitrogens with two attached hydrogens (primary N) is 1. The Hall–Kier alpha value is -1.30. The van der Waals surface area contributed by atoms with Crippen molar-refractivity contribution in [3.8, 4) is 0 Å². The maximum Gasteiger partial charge on any atom is 0.221 e. The van der Waals surface area contributed by atoms with Gasteiger partial charge in [0.25, 0.3) is 0 Å². The molecule has 2 aromatic rings. The Morgan fingerprint density at radius 3 is 2.48 bits per heavy atom. The van der Waals surface area contributed by atoms with Gasteiger partial charge in [0.15, 0.2) is 0 Å². The van der Waals surface area contributed by atoms with Crippen LogP contribution in [0.25, 0.3) is 0 Å². The Kier molecular flexibility index (Phi) is 5.85. The number of benzene rings is 2. The van der Waals surface area contributed by atoms with Gasteiger partial charge in [-0.15, -0.1) is 11.8 Å². The number of carbonyl (C=O) groups excluding carboxylic acids is 1. The van der Waals surface area contributed by atoms with Crippen molar-refractivity contribution in [3.05, 3.63) is 58.6 Å². The van der Waals surface area contributed by atoms with Gasteiger partial charge in [0.05, 0.1) is 0 Å². The number of thioether (sulfide) groups is 1. The first kappa shape index (κ1) is 16.1. The molecular weight excluding hydrogens is 348 g/mol. The quantitative estimate of drug-likeness (QED) is 0.781. The lowest BCUT2D eigenvalue weighted by Gasteiger charge is -2.16. The molecule has 1 amide bonds. The van der Waals surface area contributed by atoms with Crippen LogP contribution in [0.1, 0.15) is 17.7 Å². The van der Waals surface area contributed by atoms with Crippen LogP contribution >= 0.6 is 27.7 Å². The summed E-state index contributed by atoms with van der Waals surface area (Å²) in [5.74, 6) is -0.0662. The molecule has 0 spiro atoms. The van der Waals surface area contributed by atoms with Crippen molar-refractivity contribution in [2.24, 2.45) is 5.73 Å². The Morgan fingerprint density at radius 1 is 1.24 bits per heavy atom. The van der Waals surface area contributed by atoms with E-state index in [-0.39, 0.29) is 11.2 Å². The van der Waals surface area contributed by atoms with E-state index in [1.54, 1.807) is 11.8 Å². The second kappa shape index (κ2) is 7.64. The molecule has 2 aromatic carbocycles. The summed E-state index contributed by atoms with van der Waals surface area (Å²) in [5, 5.41) is 2.95. The standard InChI is InChI=1S/C16H17BrN2OS/c1-11(20)19-12-6-8-13(9-7-12)21-16(10-18)14-4-2-3-5-15(14)17/h2-9,16H,10,18H2,1H3,(H,19,20). The average molecular weight is 365 g/mol. The van der Waals surface area contributed by atoms with E-state index in [1.165, 1.54) is 12.5 Å². The fraction of sp³-hybridized carbons (Fsp3) is 0.188. The molecule has 3 N–H and O–H groups in total. The molecule has 5 heteroatoms. The predicted molar refractivity (Wildman–Crippen MR) is 92.5 cm³/mol. The van der Waals surface area contributed by atoms with Crippen molar-refractivity contribution in [2.75, 3.05) is 11.9 Å². The second-order valence-electron chi connectivity index (χ2n) is 4.57. The van der Waals surface area contributed by atoms with Crippen LogP contribution in [0, 0.1) is 0 Å². The molecule has 0 heterocycles. The van der Waals surface area contributed by atoms with Crippen molar-refractivity contribution in [1.82, 2.24) is 0 Å². The van der Waals surface area contributed by atoms with E-state index in [9.17, 15) is 4.79 Å².